The molecule has 3 aliphatic rings. The molecule has 0 bridgehead atoms. The highest BCUT2D eigenvalue weighted by Crippen LogP contribution is 2.45. The summed E-state index contributed by atoms with van der Waals surface area (Å²) < 4.78 is 7.37. The fourth-order valence-electron chi connectivity index (χ4n) is 6.69. The van der Waals surface area contributed by atoms with Crippen molar-refractivity contribution in [3.8, 4) is 11.5 Å². The smallest absolute Gasteiger partial charge is 0.232 e. The number of quaternary nitrogens is 1. The molecule has 1 aliphatic carbocycles. The quantitative estimate of drug-likeness (QED) is 0.504. The number of fused-ring (bicyclic) bond motifs is 2. The van der Waals surface area contributed by atoms with Gasteiger partial charge in [-0.3, -0.25) is 4.79 Å². The van der Waals surface area contributed by atoms with E-state index in [0.29, 0.717) is 0 Å². The minimum atomic E-state index is -0.314. The number of benzene rings is 2. The van der Waals surface area contributed by atoms with Gasteiger partial charge in [-0.25, -0.2) is 0 Å². The highest BCUT2D eigenvalue weighted by Gasteiger charge is 2.37. The molecule has 0 atom stereocenters. The van der Waals surface area contributed by atoms with Crippen LogP contribution >= 0.6 is 0 Å². The molecule has 2 aromatic rings. The fraction of sp³-hybridized carbons (Fsp3) is 0.581. The second-order valence-electron chi connectivity index (χ2n) is 11.9. The van der Waals surface area contributed by atoms with Crippen LogP contribution in [0.25, 0.3) is 0 Å². The molecule has 0 spiro atoms. The van der Waals surface area contributed by atoms with Crippen LogP contribution < -0.4 is 10.1 Å². The van der Waals surface area contributed by atoms with Crippen molar-refractivity contribution in [3.63, 3.8) is 0 Å². The minimum absolute atomic E-state index is 0.119. The number of piperidine rings is 1. The first-order valence-corrected chi connectivity index (χ1v) is 13.9. The SMILES string of the molecule is Cc1ccc2c(c1)C(C(=O)NC1CC[N+](C)(CC3CCCCCCC3)CC1)c1cc(C)ccc1O2. The fourth-order valence-corrected chi connectivity index (χ4v) is 6.69. The molecular weight excluding hydrogens is 432 g/mol. The van der Waals surface area contributed by atoms with Gasteiger partial charge in [0.1, 0.15) is 11.5 Å². The first-order chi connectivity index (χ1) is 16.9. The first kappa shape index (κ1) is 24.4. The molecule has 2 aliphatic heterocycles. The van der Waals surface area contributed by atoms with Crippen LogP contribution in [-0.4, -0.2) is 43.1 Å². The molecule has 1 saturated heterocycles. The van der Waals surface area contributed by atoms with E-state index in [4.69, 9.17) is 4.74 Å². The van der Waals surface area contributed by atoms with Gasteiger partial charge in [-0.15, -0.1) is 0 Å². The van der Waals surface area contributed by atoms with Crippen molar-refractivity contribution in [1.82, 2.24) is 5.32 Å². The molecule has 0 unspecified atom stereocenters. The lowest BCUT2D eigenvalue weighted by atomic mass is 9.85. The molecule has 5 rings (SSSR count). The lowest BCUT2D eigenvalue weighted by Gasteiger charge is -2.43. The molecule has 2 heterocycles. The van der Waals surface area contributed by atoms with Crippen LogP contribution in [0.5, 0.6) is 11.5 Å². The summed E-state index contributed by atoms with van der Waals surface area (Å²) in [7, 11) is 2.45. The third-order valence-electron chi connectivity index (χ3n) is 8.74. The van der Waals surface area contributed by atoms with Gasteiger partial charge in [0.15, 0.2) is 0 Å². The Labute approximate surface area is 211 Å². The van der Waals surface area contributed by atoms with Gasteiger partial charge in [-0.05, 0) is 38.8 Å². The molecule has 1 N–H and O–H groups in total. The van der Waals surface area contributed by atoms with E-state index in [9.17, 15) is 4.79 Å². The largest absolute Gasteiger partial charge is 0.457 e. The van der Waals surface area contributed by atoms with E-state index in [1.54, 1.807) is 0 Å². The van der Waals surface area contributed by atoms with Crippen LogP contribution in [0.2, 0.25) is 0 Å². The highest BCUT2D eigenvalue weighted by atomic mass is 16.5. The van der Waals surface area contributed by atoms with Crippen LogP contribution in [-0.2, 0) is 4.79 Å². The number of carbonyl (C=O) groups excluding carboxylic acids is 1. The van der Waals surface area contributed by atoms with Crippen LogP contribution in [0, 0.1) is 19.8 Å². The van der Waals surface area contributed by atoms with Crippen molar-refractivity contribution in [3.05, 3.63) is 58.7 Å². The molecule has 1 amide bonds. The molecule has 0 aromatic heterocycles. The number of rotatable bonds is 4. The van der Waals surface area contributed by atoms with Crippen molar-refractivity contribution in [1.29, 1.82) is 0 Å². The number of hydrogen-bond acceptors (Lipinski definition) is 2. The van der Waals surface area contributed by atoms with Crippen molar-refractivity contribution < 1.29 is 14.0 Å². The Balaban J connectivity index is 1.26. The number of aryl methyl sites for hydroxylation is 2. The van der Waals surface area contributed by atoms with Gasteiger partial charge in [0.2, 0.25) is 5.91 Å². The average molecular weight is 476 g/mol. The third-order valence-corrected chi connectivity index (χ3v) is 8.74. The van der Waals surface area contributed by atoms with Gasteiger partial charge in [-0.2, -0.15) is 0 Å². The van der Waals surface area contributed by atoms with Crippen LogP contribution in [0.4, 0.5) is 0 Å². The van der Waals surface area contributed by atoms with Gasteiger partial charge < -0.3 is 14.5 Å². The Bertz CT molecular complexity index is 994. The van der Waals surface area contributed by atoms with E-state index in [2.05, 4.69) is 50.5 Å². The number of nitrogens with zero attached hydrogens (tertiary/aromatic N) is 1. The number of ether oxygens (including phenoxy) is 1. The predicted molar refractivity (Wildman–Crippen MR) is 142 cm³/mol. The first-order valence-electron chi connectivity index (χ1n) is 13.9. The maximum absolute atomic E-state index is 13.8. The molecule has 4 nitrogen and oxygen atoms in total. The minimum Gasteiger partial charge on any atom is -0.457 e. The number of amides is 1. The van der Waals surface area contributed by atoms with Crippen molar-refractivity contribution >= 4 is 5.91 Å². The van der Waals surface area contributed by atoms with E-state index >= 15 is 0 Å². The predicted octanol–water partition coefficient (Wildman–Crippen LogP) is 6.63. The summed E-state index contributed by atoms with van der Waals surface area (Å²) in [6, 6.07) is 12.6. The maximum atomic E-state index is 13.8. The molecule has 188 valence electrons. The van der Waals surface area contributed by atoms with Crippen molar-refractivity contribution in [2.24, 2.45) is 5.92 Å². The van der Waals surface area contributed by atoms with Crippen molar-refractivity contribution in [2.45, 2.75) is 83.6 Å². The van der Waals surface area contributed by atoms with Gasteiger partial charge in [0.05, 0.1) is 32.6 Å². The topological polar surface area (TPSA) is 38.3 Å². The van der Waals surface area contributed by atoms with E-state index in [1.165, 1.54) is 69.1 Å². The molecule has 2 aromatic carbocycles. The molecule has 1 saturated carbocycles. The highest BCUT2D eigenvalue weighted by molar-refractivity contribution is 5.90. The lowest BCUT2D eigenvalue weighted by Crippen LogP contribution is -2.56. The lowest BCUT2D eigenvalue weighted by molar-refractivity contribution is -0.917. The molecule has 0 radical (unpaired) electrons. The van der Waals surface area contributed by atoms with Crippen LogP contribution in [0.15, 0.2) is 36.4 Å². The molecule has 4 heteroatoms. The second-order valence-corrected chi connectivity index (χ2v) is 11.9. The molecular formula is C31H43N2O2+. The standard InChI is InChI=1S/C31H42N2O2/c1-22-11-13-28-26(19-22)30(27-20-23(2)12-14-29(27)35-28)31(34)32-25-15-17-33(3,18-16-25)21-24-9-7-5-4-6-8-10-24/h11-14,19-20,24-25,30H,4-10,15-18,21H2,1-3H3/p+1. The van der Waals surface area contributed by atoms with Gasteiger partial charge in [-0.1, -0.05) is 67.5 Å². The molecule has 2 fully saturated rings. The number of hydrogen-bond donors (Lipinski definition) is 1. The summed E-state index contributed by atoms with van der Waals surface area (Å²) in [6.07, 6.45) is 12.1. The van der Waals surface area contributed by atoms with E-state index in [0.717, 1.165) is 52.5 Å². The summed E-state index contributed by atoms with van der Waals surface area (Å²) in [5.41, 5.74) is 4.28. The summed E-state index contributed by atoms with van der Waals surface area (Å²) >= 11 is 0. The Hall–Kier alpha value is -2.33. The zero-order valence-corrected chi connectivity index (χ0v) is 21.9. The monoisotopic (exact) mass is 475 g/mol. The van der Waals surface area contributed by atoms with Gasteiger partial charge >= 0.3 is 0 Å². The molecule has 35 heavy (non-hydrogen) atoms. The number of likely N-dealkylation sites (tertiary alicyclic amines) is 1. The van der Waals surface area contributed by atoms with Crippen LogP contribution in [0.1, 0.15) is 86.0 Å². The van der Waals surface area contributed by atoms with Crippen LogP contribution in [0.3, 0.4) is 0 Å². The van der Waals surface area contributed by atoms with Gasteiger partial charge in [0.25, 0.3) is 0 Å². The zero-order valence-electron chi connectivity index (χ0n) is 21.9. The summed E-state index contributed by atoms with van der Waals surface area (Å²) in [4.78, 5) is 13.8. The summed E-state index contributed by atoms with van der Waals surface area (Å²) in [5, 5.41) is 3.46. The Kier molecular flexibility index (Phi) is 7.20. The summed E-state index contributed by atoms with van der Waals surface area (Å²) in [6.45, 7) is 7.81. The Morgan fingerprint density at radius 3 is 1.97 bits per heavy atom. The second kappa shape index (κ2) is 10.3. The number of nitrogens with one attached hydrogen (secondary N) is 1. The zero-order chi connectivity index (χ0) is 24.4. The Morgan fingerprint density at radius 2 is 1.40 bits per heavy atom. The summed E-state index contributed by atoms with van der Waals surface area (Å²) in [5.74, 6) is 2.30. The van der Waals surface area contributed by atoms with Gasteiger partial charge in [0, 0.05) is 35.9 Å². The third kappa shape index (κ3) is 5.58. The van der Waals surface area contributed by atoms with E-state index in [-0.39, 0.29) is 17.9 Å². The number of carbonyl (C=O) groups is 1. The van der Waals surface area contributed by atoms with E-state index in [1.807, 2.05) is 12.1 Å². The normalized spacial score (nSPS) is 25.5. The Morgan fingerprint density at radius 1 is 0.857 bits per heavy atom. The van der Waals surface area contributed by atoms with Crippen molar-refractivity contribution in [2.75, 3.05) is 26.7 Å². The average Bonchev–Trinajstić information content (AvgIpc) is 2.81. The maximum Gasteiger partial charge on any atom is 0.232 e. The van der Waals surface area contributed by atoms with E-state index < -0.39 is 0 Å².